The minimum Gasteiger partial charge on any atom is -0.348 e. The fourth-order valence-electron chi connectivity index (χ4n) is 2.89. The molecule has 0 unspecified atom stereocenters. The highest BCUT2D eigenvalue weighted by molar-refractivity contribution is 5.92. The summed E-state index contributed by atoms with van der Waals surface area (Å²) in [6, 6.07) is 6.90. The van der Waals surface area contributed by atoms with Crippen LogP contribution >= 0.6 is 0 Å². The van der Waals surface area contributed by atoms with Gasteiger partial charge in [-0.3, -0.25) is 19.3 Å². The maximum atomic E-state index is 12.2. The molecule has 1 aliphatic heterocycles. The predicted molar refractivity (Wildman–Crippen MR) is 93.4 cm³/mol. The highest BCUT2D eigenvalue weighted by atomic mass is 16.2. The molecule has 1 aromatic heterocycles. The Morgan fingerprint density at radius 2 is 1.92 bits per heavy atom. The van der Waals surface area contributed by atoms with Gasteiger partial charge in [0.1, 0.15) is 0 Å². The van der Waals surface area contributed by atoms with Gasteiger partial charge in [0, 0.05) is 46.2 Å². The number of para-hydroxylation sites is 1. The molecule has 2 N–H and O–H groups in total. The van der Waals surface area contributed by atoms with E-state index in [1.54, 1.807) is 31.2 Å². The number of nitrogens with zero attached hydrogens (tertiary/aromatic N) is 3. The van der Waals surface area contributed by atoms with Crippen molar-refractivity contribution in [2.24, 2.45) is 0 Å². The maximum Gasteiger partial charge on any atom is 0.287 e. The number of carbonyl (C=O) groups excluding carboxylic acids is 2. The Balaban J connectivity index is 1.53. The number of fused-ring (bicyclic) bond motifs is 1. The van der Waals surface area contributed by atoms with Crippen molar-refractivity contribution in [2.45, 2.75) is 6.92 Å². The lowest BCUT2D eigenvalue weighted by Gasteiger charge is -2.34. The molecule has 0 aliphatic carbocycles. The van der Waals surface area contributed by atoms with Crippen LogP contribution in [0.15, 0.2) is 29.1 Å². The fraction of sp³-hybridized carbons (Fsp3) is 0.412. The second kappa shape index (κ2) is 7.43. The average Bonchev–Trinajstić information content (AvgIpc) is 2.62. The number of aromatic amines is 1. The Morgan fingerprint density at radius 1 is 1.20 bits per heavy atom. The number of aromatic nitrogens is 2. The van der Waals surface area contributed by atoms with Gasteiger partial charge in [0.25, 0.3) is 11.5 Å². The third-order valence-corrected chi connectivity index (χ3v) is 4.36. The summed E-state index contributed by atoms with van der Waals surface area (Å²) in [5.41, 5.74) is 0.174. The van der Waals surface area contributed by atoms with Gasteiger partial charge in [-0.15, -0.1) is 0 Å². The van der Waals surface area contributed by atoms with E-state index in [1.807, 2.05) is 4.90 Å². The molecule has 0 bridgehead atoms. The first-order chi connectivity index (χ1) is 12.0. The predicted octanol–water partition coefficient (Wildman–Crippen LogP) is -0.183. The molecule has 2 aromatic rings. The van der Waals surface area contributed by atoms with Crippen LogP contribution in [-0.4, -0.2) is 70.9 Å². The highest BCUT2D eigenvalue weighted by Crippen LogP contribution is 2.05. The summed E-state index contributed by atoms with van der Waals surface area (Å²) >= 11 is 0. The van der Waals surface area contributed by atoms with Crippen LogP contribution in [-0.2, 0) is 4.79 Å². The Hall–Kier alpha value is -2.74. The van der Waals surface area contributed by atoms with Crippen LogP contribution in [0.2, 0.25) is 0 Å². The summed E-state index contributed by atoms with van der Waals surface area (Å²) < 4.78 is 0. The fourth-order valence-corrected chi connectivity index (χ4v) is 2.89. The van der Waals surface area contributed by atoms with Crippen molar-refractivity contribution >= 4 is 22.7 Å². The van der Waals surface area contributed by atoms with Crippen molar-refractivity contribution in [3.63, 3.8) is 0 Å². The molecule has 8 nitrogen and oxygen atoms in total. The molecule has 1 aliphatic rings. The molecular formula is C17H21N5O3. The topological polar surface area (TPSA) is 98.4 Å². The van der Waals surface area contributed by atoms with E-state index in [9.17, 15) is 14.4 Å². The number of H-pyrrole nitrogens is 1. The quantitative estimate of drug-likeness (QED) is 0.802. The minimum absolute atomic E-state index is 0.0186. The van der Waals surface area contributed by atoms with Crippen molar-refractivity contribution in [1.29, 1.82) is 0 Å². The highest BCUT2D eigenvalue weighted by Gasteiger charge is 2.18. The Labute approximate surface area is 144 Å². The molecule has 0 radical (unpaired) electrons. The average molecular weight is 343 g/mol. The Kier molecular flexibility index (Phi) is 5.08. The number of carbonyl (C=O) groups is 2. The summed E-state index contributed by atoms with van der Waals surface area (Å²) in [4.78, 5) is 46.2. The van der Waals surface area contributed by atoms with Crippen molar-refractivity contribution in [2.75, 3.05) is 39.3 Å². The number of nitrogens with one attached hydrogen (secondary N) is 2. The molecule has 3 rings (SSSR count). The van der Waals surface area contributed by atoms with Crippen molar-refractivity contribution in [1.82, 2.24) is 25.1 Å². The van der Waals surface area contributed by atoms with Gasteiger partial charge in [0.15, 0.2) is 5.82 Å². The van der Waals surface area contributed by atoms with E-state index in [0.29, 0.717) is 37.1 Å². The third kappa shape index (κ3) is 4.03. The molecule has 0 spiro atoms. The largest absolute Gasteiger partial charge is 0.348 e. The summed E-state index contributed by atoms with van der Waals surface area (Å²) in [6.07, 6.45) is 0. The van der Waals surface area contributed by atoms with Crippen LogP contribution in [0.3, 0.4) is 0 Å². The minimum atomic E-state index is -0.398. The Morgan fingerprint density at radius 3 is 2.64 bits per heavy atom. The summed E-state index contributed by atoms with van der Waals surface area (Å²) in [7, 11) is 0. The first-order valence-electron chi connectivity index (χ1n) is 8.30. The van der Waals surface area contributed by atoms with E-state index in [1.165, 1.54) is 0 Å². The van der Waals surface area contributed by atoms with E-state index in [0.717, 1.165) is 13.1 Å². The molecule has 8 heteroatoms. The lowest BCUT2D eigenvalue weighted by atomic mass is 10.2. The van der Waals surface area contributed by atoms with Gasteiger partial charge in [0.05, 0.1) is 10.9 Å². The van der Waals surface area contributed by atoms with Crippen LogP contribution in [0.4, 0.5) is 0 Å². The van der Waals surface area contributed by atoms with Crippen LogP contribution in [0.1, 0.15) is 17.5 Å². The van der Waals surface area contributed by atoms with Crippen LogP contribution in [0.5, 0.6) is 0 Å². The van der Waals surface area contributed by atoms with E-state index in [4.69, 9.17) is 0 Å². The number of piperazine rings is 1. The van der Waals surface area contributed by atoms with E-state index in [2.05, 4.69) is 20.2 Å². The number of hydrogen-bond donors (Lipinski definition) is 2. The number of hydrogen-bond acceptors (Lipinski definition) is 5. The van der Waals surface area contributed by atoms with Gasteiger partial charge < -0.3 is 15.2 Å². The smallest absolute Gasteiger partial charge is 0.287 e. The van der Waals surface area contributed by atoms with Crippen molar-refractivity contribution in [3.05, 3.63) is 40.4 Å². The summed E-state index contributed by atoms with van der Waals surface area (Å²) in [5.74, 6) is -0.283. The van der Waals surface area contributed by atoms with E-state index < -0.39 is 5.91 Å². The molecule has 25 heavy (non-hydrogen) atoms. The standard InChI is InChI=1S/C17H21N5O3/c1-12(23)22-10-8-21(9-11-22)7-6-18-17(25)15-19-14-5-3-2-4-13(14)16(24)20-15/h2-5H,6-11H2,1H3,(H,18,25)(H,19,20,24). The molecule has 1 saturated heterocycles. The first kappa shape index (κ1) is 17.1. The van der Waals surface area contributed by atoms with Crippen molar-refractivity contribution < 1.29 is 9.59 Å². The molecule has 2 heterocycles. The Bertz CT molecular complexity index is 840. The monoisotopic (exact) mass is 343 g/mol. The number of rotatable bonds is 4. The van der Waals surface area contributed by atoms with Crippen LogP contribution in [0, 0.1) is 0 Å². The molecule has 2 amide bonds. The molecule has 1 aromatic carbocycles. The van der Waals surface area contributed by atoms with E-state index >= 15 is 0 Å². The second-order valence-corrected chi connectivity index (χ2v) is 6.04. The summed E-state index contributed by atoms with van der Waals surface area (Å²) in [5, 5.41) is 3.24. The molecule has 1 fully saturated rings. The molecule has 132 valence electrons. The maximum absolute atomic E-state index is 12.2. The van der Waals surface area contributed by atoms with Gasteiger partial charge >= 0.3 is 0 Å². The third-order valence-electron chi connectivity index (χ3n) is 4.36. The van der Waals surface area contributed by atoms with Crippen molar-refractivity contribution in [3.8, 4) is 0 Å². The molecular weight excluding hydrogens is 322 g/mol. The van der Waals surface area contributed by atoms with Gasteiger partial charge in [-0.2, -0.15) is 0 Å². The first-order valence-corrected chi connectivity index (χ1v) is 8.30. The number of benzene rings is 1. The lowest BCUT2D eigenvalue weighted by Crippen LogP contribution is -2.49. The normalized spacial score (nSPS) is 15.3. The number of amides is 2. The van der Waals surface area contributed by atoms with Gasteiger partial charge in [0.2, 0.25) is 5.91 Å². The summed E-state index contributed by atoms with van der Waals surface area (Å²) in [6.45, 7) is 5.73. The zero-order valence-corrected chi connectivity index (χ0v) is 14.1. The zero-order chi connectivity index (χ0) is 17.8. The van der Waals surface area contributed by atoms with Crippen LogP contribution < -0.4 is 10.9 Å². The lowest BCUT2D eigenvalue weighted by molar-refractivity contribution is -0.130. The van der Waals surface area contributed by atoms with Gasteiger partial charge in [-0.1, -0.05) is 12.1 Å². The van der Waals surface area contributed by atoms with Gasteiger partial charge in [-0.05, 0) is 12.1 Å². The molecule has 0 atom stereocenters. The van der Waals surface area contributed by atoms with Gasteiger partial charge in [-0.25, -0.2) is 4.98 Å². The van der Waals surface area contributed by atoms with E-state index in [-0.39, 0.29) is 17.3 Å². The SMILES string of the molecule is CC(=O)N1CCN(CCNC(=O)c2nc3ccccc3c(=O)[nH]2)CC1. The zero-order valence-electron chi connectivity index (χ0n) is 14.1. The molecule has 0 saturated carbocycles. The van der Waals surface area contributed by atoms with Crippen LogP contribution in [0.25, 0.3) is 10.9 Å². The second-order valence-electron chi connectivity index (χ2n) is 6.04.